The predicted molar refractivity (Wildman–Crippen MR) is 358 cm³/mol. The van der Waals surface area contributed by atoms with Gasteiger partial charge in [0, 0.05) is 55.9 Å². The number of aliphatic hydroxyl groups is 1. The first-order valence-electron chi connectivity index (χ1n) is 31.3. The molecule has 8 heterocycles. The number of carbonyl (C=O) groups is 6. The maximum atomic E-state index is 16.8. The van der Waals surface area contributed by atoms with Crippen LogP contribution in [0.1, 0.15) is 94.0 Å². The van der Waals surface area contributed by atoms with Crippen LogP contribution in [0.5, 0.6) is 0 Å². The van der Waals surface area contributed by atoms with Gasteiger partial charge in [0.25, 0.3) is 5.56 Å². The molecule has 11 rings (SSSR count). The smallest absolute Gasteiger partial charge is 0.409 e. The van der Waals surface area contributed by atoms with Gasteiger partial charge in [-0.2, -0.15) is 0 Å². The average molecular weight is 1440 g/mol. The Bertz CT molecular complexity index is 4440. The topological polar surface area (TPSA) is 373 Å². The van der Waals surface area contributed by atoms with E-state index in [9.17, 15) is 48.1 Å². The number of nitrogens with one attached hydrogen (secondary N) is 5. The van der Waals surface area contributed by atoms with Crippen molar-refractivity contribution in [1.29, 1.82) is 0 Å². The van der Waals surface area contributed by atoms with Gasteiger partial charge in [0.05, 0.1) is 38.1 Å². The third-order valence-electron chi connectivity index (χ3n) is 16.7. The van der Waals surface area contributed by atoms with Crippen molar-refractivity contribution in [3.8, 4) is 11.8 Å². The third-order valence-corrected chi connectivity index (χ3v) is 19.8. The van der Waals surface area contributed by atoms with E-state index in [1.54, 1.807) is 43.0 Å². The van der Waals surface area contributed by atoms with Gasteiger partial charge < -0.3 is 69.4 Å². The van der Waals surface area contributed by atoms with Crippen molar-refractivity contribution < 1.29 is 84.4 Å². The summed E-state index contributed by atoms with van der Waals surface area (Å²) < 4.78 is 87.6. The van der Waals surface area contributed by atoms with Gasteiger partial charge in [-0.1, -0.05) is 80.4 Å². The summed E-state index contributed by atoms with van der Waals surface area (Å²) in [5.41, 5.74) is 3.16. The molecule has 3 aromatic carbocycles. The van der Waals surface area contributed by atoms with Gasteiger partial charge in [-0.25, -0.2) is 38.1 Å². The van der Waals surface area contributed by atoms with Crippen LogP contribution in [0.2, 0.25) is 0 Å². The summed E-state index contributed by atoms with van der Waals surface area (Å²) in [4.78, 5) is 125. The van der Waals surface area contributed by atoms with E-state index in [1.165, 1.54) is 18.9 Å². The van der Waals surface area contributed by atoms with Crippen LogP contribution in [0.3, 0.4) is 0 Å². The third kappa shape index (κ3) is 16.9. The molecule has 36 heteroatoms. The number of rotatable bonds is 20. The van der Waals surface area contributed by atoms with Gasteiger partial charge in [-0.05, 0) is 85.4 Å². The summed E-state index contributed by atoms with van der Waals surface area (Å²) in [6.07, 6.45) is -8.97. The quantitative estimate of drug-likeness (QED) is 0.0178. The summed E-state index contributed by atoms with van der Waals surface area (Å²) in [6, 6.07) is 19.7. The van der Waals surface area contributed by atoms with Crippen molar-refractivity contribution in [3.63, 3.8) is 0 Å². The maximum Gasteiger partial charge on any atom is 0.409 e. The minimum absolute atomic E-state index is 0.00146. The SMILES string of the molecule is CC(C)[C@H](NC(=O)CCCCC(=O)N1Cc2ccccc2C#Cc2ccccc21)C(=O)N[C@@H](C)C(=O)Nc1ccc(COC(=O)N(C)CCCC(=O)Nc2ncnc3c2ncn3[C@@H]2O[C@@H]3COP(O)(=S)O[C@@H]4[C@H](O)[C@@H](COP(=O)(S)O[C@H]3[C@H]2F)O[C@H]4n2cc(F)c3c(=O)[nH]cnc32)cc1. The van der Waals surface area contributed by atoms with Crippen LogP contribution in [0.4, 0.5) is 30.8 Å². The van der Waals surface area contributed by atoms with Gasteiger partial charge >= 0.3 is 19.6 Å². The van der Waals surface area contributed by atoms with Gasteiger partial charge in [0.15, 0.2) is 47.1 Å². The highest BCUT2D eigenvalue weighted by molar-refractivity contribution is 8.44. The number of anilines is 3. The molecule has 3 fully saturated rings. The van der Waals surface area contributed by atoms with E-state index in [4.69, 9.17) is 44.1 Å². The van der Waals surface area contributed by atoms with Crippen LogP contribution in [0.25, 0.3) is 22.2 Å². The monoisotopic (exact) mass is 1440 g/mol. The second kappa shape index (κ2) is 31.0. The first-order chi connectivity index (χ1) is 47.3. The number of hydrogen-bond donors (Lipinski definition) is 8. The van der Waals surface area contributed by atoms with Gasteiger partial charge in [-0.3, -0.25) is 46.9 Å². The summed E-state index contributed by atoms with van der Waals surface area (Å²) in [7, 11) is 1.48. The van der Waals surface area contributed by atoms with Crippen molar-refractivity contribution in [2.75, 3.05) is 42.3 Å². The van der Waals surface area contributed by atoms with E-state index in [2.05, 4.69) is 70.3 Å². The normalized spacial score (nSPS) is 24.2. The van der Waals surface area contributed by atoms with Crippen LogP contribution in [-0.4, -0.2) is 160 Å². The summed E-state index contributed by atoms with van der Waals surface area (Å²) in [5, 5.41) is 21.7. The molecule has 2 bridgehead atoms. The van der Waals surface area contributed by atoms with Crippen molar-refractivity contribution >= 4 is 113 Å². The maximum absolute atomic E-state index is 16.8. The molecule has 7 aromatic rings. The highest BCUT2D eigenvalue weighted by Gasteiger charge is 2.54. The molecule has 4 aliphatic rings. The molecule has 12 atom stereocenters. The number of H-pyrrole nitrogens is 1. The number of unbranched alkanes of at least 4 members (excludes halogenated alkanes) is 1. The molecule has 0 saturated carbocycles. The number of imidazole rings is 1. The number of nitrogens with zero attached hydrogens (tertiary/aromatic N) is 8. The average Bonchev–Trinajstić information content (AvgIpc) is 1.62. The largest absolute Gasteiger partial charge is 0.445 e. The second-order valence-corrected chi connectivity index (χ2v) is 29.7. The summed E-state index contributed by atoms with van der Waals surface area (Å²) in [5.74, 6) is 2.94. The lowest BCUT2D eigenvalue weighted by atomic mass is 10.0. The molecule has 4 aromatic heterocycles. The Morgan fingerprint density at radius 2 is 1.54 bits per heavy atom. The fourth-order valence-electron chi connectivity index (χ4n) is 11.5. The fraction of sp³-hybridized carbons (Fsp3) is 0.413. The molecule has 0 spiro atoms. The highest BCUT2D eigenvalue weighted by Crippen LogP contribution is 2.58. The number of aromatic nitrogens is 7. The lowest BCUT2D eigenvalue weighted by molar-refractivity contribution is -0.131. The van der Waals surface area contributed by atoms with Crippen LogP contribution < -0.4 is 31.7 Å². The van der Waals surface area contributed by atoms with Gasteiger partial charge in [-0.15, -0.1) is 0 Å². The lowest BCUT2D eigenvalue weighted by Gasteiger charge is -2.27. The first-order valence-corrected chi connectivity index (χ1v) is 36.6. The minimum Gasteiger partial charge on any atom is -0.445 e. The van der Waals surface area contributed by atoms with E-state index in [0.717, 1.165) is 56.7 Å². The molecule has 0 aliphatic carbocycles. The Kier molecular flexibility index (Phi) is 22.5. The first kappa shape index (κ1) is 71.9. The molecule has 4 aliphatic heterocycles. The molecule has 7 N–H and O–H groups in total. The number of amides is 6. The highest BCUT2D eigenvalue weighted by atomic mass is 32.7. The van der Waals surface area contributed by atoms with Crippen molar-refractivity contribution in [2.45, 2.75) is 134 Å². The Hall–Kier alpha value is -8.42. The van der Waals surface area contributed by atoms with Gasteiger partial charge in [0.1, 0.15) is 60.9 Å². The number of para-hydroxylation sites is 1. The zero-order chi connectivity index (χ0) is 70.4. The number of ether oxygens (including phenoxy) is 3. The standard InChI is InChI=1S/C63H69F2N13O17P2S2/c1-34(2)50(73-45(79)16-9-10-18-47(81)76-26-39-14-6-5-12-37(39)21-22-38-13-7-8-15-42(38)76)60(85)71-35(3)58(83)72-40-23-19-36(20-24-40)28-89-63(86)75(4)25-11-17-46(80)74-55-51-57(68-31-66-55)78(33-70-51)61-49(65)53-44(93-61)30-91-97(88,99)95-54-52(82)43(29-90-96(87,98)94-53)92-62(54)77-27-41(64)48-56(77)67-32-69-59(48)84/h5-8,12-15,19-20,23-24,27,31-35,43-44,49-50,52-54,61-62,82H,9-11,16-18,25-26,28-30H2,1-4H3,(H,71,85)(H,72,83)(H,73,79)(H,87,98)(H,88,99)(H,67,69,84)(H,66,68,74,80)/t35-,43+,44+,49+,50-,52+,53+,54+,61+,62+,96?,97?/m0/s1. The van der Waals surface area contributed by atoms with Gasteiger partial charge in [0.2, 0.25) is 29.5 Å². The molecule has 6 amide bonds. The minimum atomic E-state index is -4.60. The van der Waals surface area contributed by atoms with Crippen molar-refractivity contribution in [1.82, 2.24) is 49.6 Å². The number of carbonyl (C=O) groups excluding carboxylic acids is 6. The number of alkyl halides is 1. The number of aromatic amines is 1. The van der Waals surface area contributed by atoms with Crippen molar-refractivity contribution in [2.24, 2.45) is 5.92 Å². The van der Waals surface area contributed by atoms with E-state index in [-0.39, 0.29) is 79.2 Å². The fourth-order valence-corrected chi connectivity index (χ4v) is 14.4. The van der Waals surface area contributed by atoms with Crippen LogP contribution in [0.15, 0.2) is 103 Å². The van der Waals surface area contributed by atoms with E-state index in [0.29, 0.717) is 30.6 Å². The molecular formula is C63H69F2N13O17P2S2. The lowest BCUT2D eigenvalue weighted by Crippen LogP contribution is -2.53. The Morgan fingerprint density at radius 3 is 2.31 bits per heavy atom. The zero-order valence-corrected chi connectivity index (χ0v) is 57.0. The summed E-state index contributed by atoms with van der Waals surface area (Å²) >= 11 is 9.34. The molecule has 524 valence electrons. The molecule has 3 saturated heterocycles. The number of halogens is 2. The summed E-state index contributed by atoms with van der Waals surface area (Å²) in [6.45, 7) is -5.23. The van der Waals surface area contributed by atoms with E-state index >= 15 is 8.78 Å². The number of hydrogen-bond acceptors (Lipinski definition) is 21. The zero-order valence-electron chi connectivity index (χ0n) is 53.5. The molecule has 30 nitrogen and oxygen atoms in total. The number of benzene rings is 3. The van der Waals surface area contributed by atoms with Crippen LogP contribution in [-0.2, 0) is 85.8 Å². The van der Waals surface area contributed by atoms with E-state index in [1.807, 2.05) is 48.5 Å². The predicted octanol–water partition coefficient (Wildman–Crippen LogP) is 6.35. The van der Waals surface area contributed by atoms with Crippen molar-refractivity contribution in [3.05, 3.63) is 136 Å². The molecule has 0 radical (unpaired) electrons. The second-order valence-electron chi connectivity index (χ2n) is 24.0. The number of aliphatic hydroxyl groups excluding tert-OH is 1. The molecule has 99 heavy (non-hydrogen) atoms. The molecular weight excluding hydrogens is 1370 g/mol. The number of thiol groups is 1. The Morgan fingerprint density at radius 1 is 0.828 bits per heavy atom. The van der Waals surface area contributed by atoms with Crippen LogP contribution >= 0.6 is 25.8 Å². The van der Waals surface area contributed by atoms with Crippen LogP contribution in [0, 0.1) is 23.6 Å². The number of fused-ring (bicyclic) bond motifs is 7. The Labute approximate surface area is 574 Å². The Balaban J connectivity index is 0.605. The van der Waals surface area contributed by atoms with E-state index < -0.39 is 129 Å². The molecule has 2 unspecified atom stereocenters.